The van der Waals surface area contributed by atoms with E-state index in [1.165, 1.54) is 0 Å². The largest absolute Gasteiger partial charge is 0.463 e. The normalized spacial score (nSPS) is 10.9. The number of halogens is 1. The van der Waals surface area contributed by atoms with Gasteiger partial charge in [-0.3, -0.25) is 9.59 Å². The lowest BCUT2D eigenvalue weighted by Crippen LogP contribution is -2.27. The van der Waals surface area contributed by atoms with Crippen molar-refractivity contribution in [2.45, 2.75) is 54.1 Å². The van der Waals surface area contributed by atoms with Crippen molar-refractivity contribution in [2.24, 2.45) is 0 Å². The average molecular weight is 436 g/mol. The molecule has 0 spiro atoms. The summed E-state index contributed by atoms with van der Waals surface area (Å²) in [5, 5.41) is 2.95. The van der Waals surface area contributed by atoms with Gasteiger partial charge in [0.15, 0.2) is 0 Å². The molecule has 5 nitrogen and oxygen atoms in total. The maximum absolute atomic E-state index is 13.1. The van der Waals surface area contributed by atoms with Crippen molar-refractivity contribution < 1.29 is 13.9 Å². The number of nitrogens with one attached hydrogen (secondary N) is 1. The number of ether oxygens (including phenoxy) is 1. The summed E-state index contributed by atoms with van der Waals surface area (Å²) in [6.45, 7) is 9.83. The van der Waals surface area contributed by atoms with Gasteiger partial charge in [-0.25, -0.2) is 0 Å². The molecule has 6 heteroatoms. The van der Waals surface area contributed by atoms with Gasteiger partial charge in [0.25, 0.3) is 5.91 Å². The number of carbonyl (C=O) groups excluding carboxylic acids is 1. The topological polar surface area (TPSA) is 68.5 Å². The second-order valence-electron chi connectivity index (χ2n) is 6.31. The van der Waals surface area contributed by atoms with Crippen LogP contribution in [0.4, 0.5) is 5.69 Å². The van der Waals surface area contributed by atoms with Crippen molar-refractivity contribution in [3.63, 3.8) is 0 Å². The van der Waals surface area contributed by atoms with Crippen LogP contribution in [-0.2, 0) is 24.2 Å². The molecule has 0 aliphatic carbocycles. The van der Waals surface area contributed by atoms with E-state index < -0.39 is 5.91 Å². The molecule has 1 aromatic carbocycles. The van der Waals surface area contributed by atoms with Gasteiger partial charge in [-0.1, -0.05) is 29.8 Å². The monoisotopic (exact) mass is 435 g/mol. The second-order valence-corrected chi connectivity index (χ2v) is 7.22. The summed E-state index contributed by atoms with van der Waals surface area (Å²) in [4.78, 5) is 25.8. The molecule has 0 saturated heterocycles. The Kier molecular flexibility index (Phi) is 7.39. The molecule has 1 amide bonds. The van der Waals surface area contributed by atoms with Crippen LogP contribution in [0, 0.1) is 13.8 Å². The number of amides is 1. The van der Waals surface area contributed by atoms with Crippen molar-refractivity contribution >= 4 is 27.5 Å². The van der Waals surface area contributed by atoms with Gasteiger partial charge in [-0.15, -0.1) is 0 Å². The third-order valence-corrected chi connectivity index (χ3v) is 5.04. The van der Waals surface area contributed by atoms with Crippen molar-refractivity contribution in [1.82, 2.24) is 0 Å². The summed E-state index contributed by atoms with van der Waals surface area (Å²) in [5.41, 5.74) is 2.90. The molecule has 0 fully saturated rings. The summed E-state index contributed by atoms with van der Waals surface area (Å²) < 4.78 is 12.1. The van der Waals surface area contributed by atoms with Crippen molar-refractivity contribution in [3.05, 3.63) is 60.6 Å². The first-order valence-electron chi connectivity index (χ1n) is 9.17. The zero-order valence-electron chi connectivity index (χ0n) is 16.5. The molecule has 0 aliphatic rings. The molecule has 0 saturated carbocycles. The Morgan fingerprint density at radius 2 is 1.74 bits per heavy atom. The van der Waals surface area contributed by atoms with E-state index in [-0.39, 0.29) is 23.4 Å². The molecular formula is C21H26BrNO4. The highest BCUT2D eigenvalue weighted by Crippen LogP contribution is 2.28. The lowest BCUT2D eigenvalue weighted by Gasteiger charge is -2.17. The third kappa shape index (κ3) is 4.68. The van der Waals surface area contributed by atoms with Gasteiger partial charge < -0.3 is 14.5 Å². The minimum absolute atomic E-state index is 0.0126. The highest BCUT2D eigenvalue weighted by atomic mass is 79.9. The van der Waals surface area contributed by atoms with E-state index in [1.54, 1.807) is 13.8 Å². The van der Waals surface area contributed by atoms with Crippen LogP contribution in [0.1, 0.15) is 59.3 Å². The number of anilines is 1. The molecule has 2 rings (SSSR count). The van der Waals surface area contributed by atoms with E-state index in [0.717, 1.165) is 34.1 Å². The Balaban J connectivity index is 2.54. The first-order valence-corrected chi connectivity index (χ1v) is 9.96. The number of hydrogen-bond donors (Lipinski definition) is 1. The maximum atomic E-state index is 13.1. The minimum Gasteiger partial charge on any atom is -0.463 e. The van der Waals surface area contributed by atoms with Gasteiger partial charge in [0, 0.05) is 22.3 Å². The van der Waals surface area contributed by atoms with E-state index in [2.05, 4.69) is 21.2 Å². The Bertz CT molecular complexity index is 877. The van der Waals surface area contributed by atoms with E-state index in [1.807, 2.05) is 32.9 Å². The Labute approximate surface area is 168 Å². The molecule has 0 unspecified atom stereocenters. The zero-order chi connectivity index (χ0) is 20.1. The summed E-state index contributed by atoms with van der Waals surface area (Å²) in [7, 11) is 0. The molecule has 2 aromatic rings. The summed E-state index contributed by atoms with van der Waals surface area (Å²) in [6, 6.07) is 3.97. The highest BCUT2D eigenvalue weighted by molar-refractivity contribution is 9.10. The predicted octanol–water partition coefficient (Wildman–Crippen LogP) is 4.93. The lowest BCUT2D eigenvalue weighted by atomic mass is 10.0. The minimum atomic E-state index is -0.465. The van der Waals surface area contributed by atoms with Crippen LogP contribution in [0.2, 0.25) is 0 Å². The number of carbonyl (C=O) groups is 1. The Morgan fingerprint density at radius 3 is 2.26 bits per heavy atom. The first kappa shape index (κ1) is 21.4. The summed E-state index contributed by atoms with van der Waals surface area (Å²) >= 11 is 3.51. The quantitative estimate of drug-likeness (QED) is 0.668. The Morgan fingerprint density at radius 1 is 1.15 bits per heavy atom. The summed E-state index contributed by atoms with van der Waals surface area (Å²) in [6.07, 6.45) is 1.52. The smallest absolute Gasteiger partial charge is 0.263 e. The molecule has 1 N–H and O–H groups in total. The fraction of sp³-hybridized carbons (Fsp3) is 0.429. The fourth-order valence-corrected chi connectivity index (χ4v) is 3.48. The number of rotatable bonds is 7. The SMILES string of the molecule is CCOCc1oc(C)c(C)c(=O)c1C(=O)Nc1c(CC)cc(Br)cc1CC. The molecule has 0 atom stereocenters. The van der Waals surface area contributed by atoms with Gasteiger partial charge in [-0.2, -0.15) is 0 Å². The lowest BCUT2D eigenvalue weighted by molar-refractivity contribution is 0.0982. The number of benzene rings is 1. The molecule has 0 aliphatic heterocycles. The van der Waals surface area contributed by atoms with Crippen LogP contribution in [0.15, 0.2) is 25.8 Å². The van der Waals surface area contributed by atoms with E-state index >= 15 is 0 Å². The van der Waals surface area contributed by atoms with Crippen molar-refractivity contribution in [3.8, 4) is 0 Å². The van der Waals surface area contributed by atoms with Crippen molar-refractivity contribution in [1.29, 1.82) is 0 Å². The summed E-state index contributed by atoms with van der Waals surface area (Å²) in [5.74, 6) is 0.294. The van der Waals surface area contributed by atoms with Crippen LogP contribution >= 0.6 is 15.9 Å². The molecule has 1 aromatic heterocycles. The molecular weight excluding hydrogens is 410 g/mol. The van der Waals surface area contributed by atoms with Gasteiger partial charge in [-0.05, 0) is 56.9 Å². The average Bonchev–Trinajstić information content (AvgIpc) is 2.65. The molecule has 146 valence electrons. The van der Waals surface area contributed by atoms with Gasteiger partial charge in [0.1, 0.15) is 23.7 Å². The third-order valence-electron chi connectivity index (χ3n) is 4.58. The van der Waals surface area contributed by atoms with E-state index in [0.29, 0.717) is 17.9 Å². The zero-order valence-corrected chi connectivity index (χ0v) is 18.1. The Hall–Kier alpha value is -1.92. The maximum Gasteiger partial charge on any atom is 0.263 e. The molecule has 1 heterocycles. The van der Waals surface area contributed by atoms with E-state index in [9.17, 15) is 9.59 Å². The highest BCUT2D eigenvalue weighted by Gasteiger charge is 2.23. The molecule has 27 heavy (non-hydrogen) atoms. The van der Waals surface area contributed by atoms with Gasteiger partial charge in [0.2, 0.25) is 5.43 Å². The second kappa shape index (κ2) is 9.33. The molecule has 0 radical (unpaired) electrons. The van der Waals surface area contributed by atoms with Crippen LogP contribution in [0.25, 0.3) is 0 Å². The standard InChI is InChI=1S/C21H26BrNO4/c1-6-14-9-16(22)10-15(7-2)19(14)23-21(25)18-17(11-26-8-3)27-13(5)12(4)20(18)24/h9-10H,6-8,11H2,1-5H3,(H,23,25). The van der Waals surface area contributed by atoms with Crippen molar-refractivity contribution in [2.75, 3.05) is 11.9 Å². The predicted molar refractivity (Wildman–Crippen MR) is 111 cm³/mol. The fourth-order valence-electron chi connectivity index (χ4n) is 2.93. The molecule has 0 bridgehead atoms. The van der Waals surface area contributed by atoms with E-state index in [4.69, 9.17) is 9.15 Å². The van der Waals surface area contributed by atoms with Crippen LogP contribution < -0.4 is 10.7 Å². The van der Waals surface area contributed by atoms with Gasteiger partial charge >= 0.3 is 0 Å². The van der Waals surface area contributed by atoms with Crippen LogP contribution in [0.5, 0.6) is 0 Å². The van der Waals surface area contributed by atoms with Crippen LogP contribution in [0.3, 0.4) is 0 Å². The van der Waals surface area contributed by atoms with Crippen LogP contribution in [-0.4, -0.2) is 12.5 Å². The number of aryl methyl sites for hydroxylation is 3. The first-order chi connectivity index (χ1) is 12.8. The van der Waals surface area contributed by atoms with Gasteiger partial charge in [0.05, 0.1) is 0 Å². The number of hydrogen-bond acceptors (Lipinski definition) is 4.